The van der Waals surface area contributed by atoms with E-state index < -0.39 is 5.41 Å². The predicted molar refractivity (Wildman–Crippen MR) is 91.0 cm³/mol. The van der Waals surface area contributed by atoms with Crippen molar-refractivity contribution in [3.05, 3.63) is 71.8 Å². The van der Waals surface area contributed by atoms with Crippen molar-refractivity contribution in [3.8, 4) is 0 Å². The van der Waals surface area contributed by atoms with Crippen molar-refractivity contribution in [2.24, 2.45) is 5.41 Å². The molecule has 2 aromatic carbocycles. The van der Waals surface area contributed by atoms with Gasteiger partial charge in [-0.05, 0) is 25.0 Å². The van der Waals surface area contributed by atoms with Gasteiger partial charge in [-0.1, -0.05) is 60.7 Å². The Bertz CT molecular complexity index is 661. The van der Waals surface area contributed by atoms with E-state index in [0.717, 1.165) is 18.5 Å². The Morgan fingerprint density at radius 1 is 1.09 bits per heavy atom. The molecule has 1 aliphatic heterocycles. The van der Waals surface area contributed by atoms with Crippen LogP contribution in [0.4, 0.5) is 0 Å². The molecule has 1 N–H and O–H groups in total. The van der Waals surface area contributed by atoms with Crippen molar-refractivity contribution in [1.82, 2.24) is 5.32 Å². The molecule has 2 aromatic rings. The lowest BCUT2D eigenvalue weighted by atomic mass is 9.74. The number of carbonyl (C=O) groups excluding carboxylic acids is 1. The van der Waals surface area contributed by atoms with Crippen LogP contribution in [0.1, 0.15) is 25.0 Å². The maximum atomic E-state index is 12.7. The van der Waals surface area contributed by atoms with Gasteiger partial charge < -0.3 is 10.1 Å². The molecule has 120 valence electrons. The Kier molecular flexibility index (Phi) is 4.22. The van der Waals surface area contributed by atoms with E-state index in [-0.39, 0.29) is 11.5 Å². The molecule has 1 saturated heterocycles. The molecule has 1 fully saturated rings. The third-order valence-electron chi connectivity index (χ3n) is 4.84. The molecule has 0 saturated carbocycles. The predicted octanol–water partition coefficient (Wildman–Crippen LogP) is 3.30. The van der Waals surface area contributed by atoms with Crippen molar-refractivity contribution >= 4 is 5.97 Å². The number of benzene rings is 2. The Morgan fingerprint density at radius 3 is 2.22 bits per heavy atom. The molecule has 3 rings (SSSR count). The highest BCUT2D eigenvalue weighted by atomic mass is 16.5. The number of hydrogen-bond donors (Lipinski definition) is 1. The Hall–Kier alpha value is -2.13. The number of rotatable bonds is 6. The molecule has 0 spiro atoms. The van der Waals surface area contributed by atoms with E-state index in [1.807, 2.05) is 62.4 Å². The Morgan fingerprint density at radius 2 is 1.65 bits per heavy atom. The van der Waals surface area contributed by atoms with Gasteiger partial charge >= 0.3 is 5.97 Å². The van der Waals surface area contributed by atoms with Gasteiger partial charge in [0, 0.05) is 13.0 Å². The fourth-order valence-corrected chi connectivity index (χ4v) is 3.08. The summed E-state index contributed by atoms with van der Waals surface area (Å²) in [5.74, 6) is -0.151. The molecule has 0 radical (unpaired) electrons. The van der Waals surface area contributed by atoms with Gasteiger partial charge in [-0.3, -0.25) is 4.79 Å². The minimum absolute atomic E-state index is 0.151. The van der Waals surface area contributed by atoms with E-state index in [9.17, 15) is 4.79 Å². The molecular formula is C20H23NO2. The molecule has 1 aliphatic rings. The van der Waals surface area contributed by atoms with Gasteiger partial charge in [0.05, 0.1) is 17.6 Å². The first-order valence-electron chi connectivity index (χ1n) is 8.08. The molecule has 3 nitrogen and oxygen atoms in total. The van der Waals surface area contributed by atoms with Crippen molar-refractivity contribution in [2.75, 3.05) is 13.2 Å². The van der Waals surface area contributed by atoms with Crippen molar-refractivity contribution in [2.45, 2.75) is 25.8 Å². The Balaban J connectivity index is 1.64. The molecule has 1 unspecified atom stereocenters. The molecule has 0 aromatic heterocycles. The van der Waals surface area contributed by atoms with Crippen LogP contribution in [0, 0.1) is 5.41 Å². The third-order valence-corrected chi connectivity index (χ3v) is 4.84. The van der Waals surface area contributed by atoms with Gasteiger partial charge in [-0.2, -0.15) is 0 Å². The first-order valence-corrected chi connectivity index (χ1v) is 8.08. The van der Waals surface area contributed by atoms with Crippen LogP contribution < -0.4 is 5.32 Å². The van der Waals surface area contributed by atoms with Crippen LogP contribution in [0.15, 0.2) is 60.7 Å². The standard InChI is InChI=1S/C20H23NO2/c1-19(2,20(15-21-20)17-11-7-4-8-12-17)18(22)23-14-13-16-9-5-3-6-10-16/h3-12,21H,13-15H2,1-2H3. The number of esters is 1. The van der Waals surface area contributed by atoms with Gasteiger partial charge in [0.15, 0.2) is 0 Å². The summed E-state index contributed by atoms with van der Waals surface area (Å²) in [7, 11) is 0. The van der Waals surface area contributed by atoms with E-state index in [4.69, 9.17) is 4.74 Å². The number of nitrogens with one attached hydrogen (secondary N) is 1. The topological polar surface area (TPSA) is 48.2 Å². The van der Waals surface area contributed by atoms with Crippen LogP contribution in [-0.4, -0.2) is 19.1 Å². The van der Waals surface area contributed by atoms with E-state index >= 15 is 0 Å². The smallest absolute Gasteiger partial charge is 0.313 e. The monoisotopic (exact) mass is 309 g/mol. The van der Waals surface area contributed by atoms with Crippen molar-refractivity contribution in [1.29, 1.82) is 0 Å². The third kappa shape index (κ3) is 3.02. The van der Waals surface area contributed by atoms with Gasteiger partial charge in [0.2, 0.25) is 0 Å². The zero-order valence-electron chi connectivity index (χ0n) is 13.7. The Labute approximate surface area is 137 Å². The van der Waals surface area contributed by atoms with Crippen molar-refractivity contribution < 1.29 is 9.53 Å². The fraction of sp³-hybridized carbons (Fsp3) is 0.350. The highest BCUT2D eigenvalue weighted by Gasteiger charge is 2.59. The van der Waals surface area contributed by atoms with Crippen LogP contribution in [0.2, 0.25) is 0 Å². The van der Waals surface area contributed by atoms with Crippen molar-refractivity contribution in [3.63, 3.8) is 0 Å². The molecule has 0 amide bonds. The number of ether oxygens (including phenoxy) is 1. The van der Waals surface area contributed by atoms with Crippen LogP contribution in [0.5, 0.6) is 0 Å². The molecule has 0 aliphatic carbocycles. The largest absolute Gasteiger partial charge is 0.465 e. The molecule has 1 atom stereocenters. The van der Waals surface area contributed by atoms with E-state index in [0.29, 0.717) is 6.61 Å². The van der Waals surface area contributed by atoms with E-state index in [1.54, 1.807) is 0 Å². The first-order chi connectivity index (χ1) is 11.1. The lowest BCUT2D eigenvalue weighted by molar-refractivity contribution is -0.156. The summed E-state index contributed by atoms with van der Waals surface area (Å²) >= 11 is 0. The maximum absolute atomic E-state index is 12.7. The molecule has 1 heterocycles. The zero-order chi connectivity index (χ0) is 16.3. The molecule has 0 bridgehead atoms. The zero-order valence-corrected chi connectivity index (χ0v) is 13.7. The minimum Gasteiger partial charge on any atom is -0.465 e. The van der Waals surface area contributed by atoms with E-state index in [2.05, 4.69) is 17.4 Å². The number of hydrogen-bond acceptors (Lipinski definition) is 3. The second kappa shape index (κ2) is 6.17. The van der Waals surface area contributed by atoms with Gasteiger partial charge in [-0.25, -0.2) is 0 Å². The van der Waals surface area contributed by atoms with Gasteiger partial charge in [0.25, 0.3) is 0 Å². The quantitative estimate of drug-likeness (QED) is 0.658. The summed E-state index contributed by atoms with van der Waals surface area (Å²) in [5.41, 5.74) is 1.41. The maximum Gasteiger partial charge on any atom is 0.313 e. The fourth-order valence-electron chi connectivity index (χ4n) is 3.08. The summed E-state index contributed by atoms with van der Waals surface area (Å²) in [4.78, 5) is 12.7. The highest BCUT2D eigenvalue weighted by Crippen LogP contribution is 2.47. The SMILES string of the molecule is CC(C)(C(=O)OCCc1ccccc1)C1(c2ccccc2)CN1. The van der Waals surface area contributed by atoms with Gasteiger partial charge in [0.1, 0.15) is 0 Å². The second-order valence-corrected chi connectivity index (χ2v) is 6.62. The number of carbonyl (C=O) groups is 1. The average Bonchev–Trinajstić information content (AvgIpc) is 3.39. The summed E-state index contributed by atoms with van der Waals surface area (Å²) in [5, 5.41) is 3.39. The normalized spacial score (nSPS) is 20.1. The lowest BCUT2D eigenvalue weighted by Gasteiger charge is -2.31. The average molecular weight is 309 g/mol. The molecular weight excluding hydrogens is 286 g/mol. The van der Waals surface area contributed by atoms with E-state index in [1.165, 1.54) is 5.56 Å². The molecule has 3 heteroatoms. The summed E-state index contributed by atoms with van der Waals surface area (Å²) in [6.07, 6.45) is 0.744. The lowest BCUT2D eigenvalue weighted by Crippen LogP contribution is -2.42. The van der Waals surface area contributed by atoms with Crippen LogP contribution in [0.25, 0.3) is 0 Å². The van der Waals surface area contributed by atoms with Crippen LogP contribution in [-0.2, 0) is 21.5 Å². The van der Waals surface area contributed by atoms with Crippen LogP contribution in [0.3, 0.4) is 0 Å². The van der Waals surface area contributed by atoms with Crippen LogP contribution >= 0.6 is 0 Å². The molecule has 23 heavy (non-hydrogen) atoms. The highest BCUT2D eigenvalue weighted by molar-refractivity contribution is 5.79. The van der Waals surface area contributed by atoms with Gasteiger partial charge in [-0.15, -0.1) is 0 Å². The minimum atomic E-state index is -0.606. The first kappa shape index (κ1) is 15.8. The second-order valence-electron chi connectivity index (χ2n) is 6.62. The summed E-state index contributed by atoms with van der Waals surface area (Å²) < 4.78 is 5.58. The summed E-state index contributed by atoms with van der Waals surface area (Å²) in [6.45, 7) is 5.14. The summed E-state index contributed by atoms with van der Waals surface area (Å²) in [6, 6.07) is 20.2.